The first kappa shape index (κ1) is 15.5. The SMILES string of the molecule is CC1(C)CCC(O)(CNC(=O)c2cc(=O)[nH]c(=O)[nH]2)CC1. The first-order chi connectivity index (χ1) is 9.69. The van der Waals surface area contributed by atoms with Crippen molar-refractivity contribution in [2.24, 2.45) is 5.41 Å². The van der Waals surface area contributed by atoms with Crippen molar-refractivity contribution in [3.8, 4) is 0 Å². The van der Waals surface area contributed by atoms with Crippen molar-refractivity contribution in [1.29, 1.82) is 0 Å². The van der Waals surface area contributed by atoms with E-state index in [-0.39, 0.29) is 17.7 Å². The standard InChI is InChI=1S/C14H21N3O4/c1-13(2)3-5-14(21,6-4-13)8-15-11(19)9-7-10(18)17-12(20)16-9/h7,21H,3-6,8H2,1-2H3,(H,15,19)(H2,16,17,18,20). The zero-order chi connectivity index (χ0) is 15.7. The summed E-state index contributed by atoms with van der Waals surface area (Å²) in [6.45, 7) is 4.43. The number of rotatable bonds is 3. The Morgan fingerprint density at radius 2 is 1.86 bits per heavy atom. The lowest BCUT2D eigenvalue weighted by Gasteiger charge is -2.40. The van der Waals surface area contributed by atoms with Crippen LogP contribution in [0.5, 0.6) is 0 Å². The van der Waals surface area contributed by atoms with Gasteiger partial charge in [0.25, 0.3) is 11.5 Å². The van der Waals surface area contributed by atoms with Gasteiger partial charge in [-0.25, -0.2) is 4.79 Å². The maximum atomic E-state index is 11.9. The van der Waals surface area contributed by atoms with E-state index in [2.05, 4.69) is 24.1 Å². The first-order valence-electron chi connectivity index (χ1n) is 7.03. The molecule has 4 N–H and O–H groups in total. The van der Waals surface area contributed by atoms with Crippen LogP contribution in [0.25, 0.3) is 0 Å². The largest absolute Gasteiger partial charge is 0.388 e. The number of nitrogens with one attached hydrogen (secondary N) is 3. The van der Waals surface area contributed by atoms with E-state index in [0.717, 1.165) is 18.9 Å². The first-order valence-corrected chi connectivity index (χ1v) is 7.03. The Hall–Kier alpha value is -1.89. The summed E-state index contributed by atoms with van der Waals surface area (Å²) < 4.78 is 0. The van der Waals surface area contributed by atoms with Gasteiger partial charge in [-0.05, 0) is 31.1 Å². The maximum Gasteiger partial charge on any atom is 0.326 e. The zero-order valence-corrected chi connectivity index (χ0v) is 12.3. The minimum absolute atomic E-state index is 0.108. The molecule has 0 unspecified atom stereocenters. The molecule has 2 rings (SSSR count). The minimum atomic E-state index is -0.924. The number of carbonyl (C=O) groups is 1. The van der Waals surface area contributed by atoms with Crippen molar-refractivity contribution in [1.82, 2.24) is 15.3 Å². The molecular formula is C14H21N3O4. The summed E-state index contributed by atoms with van der Waals surface area (Å²) in [6, 6.07) is 1.02. The van der Waals surface area contributed by atoms with E-state index in [1.54, 1.807) is 0 Å². The molecule has 1 saturated carbocycles. The smallest absolute Gasteiger partial charge is 0.326 e. The quantitative estimate of drug-likeness (QED) is 0.634. The van der Waals surface area contributed by atoms with Gasteiger partial charge in [0.1, 0.15) is 5.69 Å². The predicted octanol–water partition coefficient (Wildman–Crippen LogP) is 0.124. The monoisotopic (exact) mass is 295 g/mol. The zero-order valence-electron chi connectivity index (χ0n) is 12.3. The molecule has 1 amide bonds. The van der Waals surface area contributed by atoms with E-state index in [1.807, 2.05) is 4.98 Å². The van der Waals surface area contributed by atoms with Crippen molar-refractivity contribution >= 4 is 5.91 Å². The Balaban J connectivity index is 1.98. The van der Waals surface area contributed by atoms with Gasteiger partial charge in [0, 0.05) is 12.6 Å². The third kappa shape index (κ3) is 4.04. The fraction of sp³-hybridized carbons (Fsp3) is 0.643. The summed E-state index contributed by atoms with van der Waals surface area (Å²) in [4.78, 5) is 38.4. The number of H-pyrrole nitrogens is 2. The molecule has 1 aliphatic carbocycles. The highest BCUT2D eigenvalue weighted by Crippen LogP contribution is 2.39. The van der Waals surface area contributed by atoms with E-state index >= 15 is 0 Å². The molecule has 0 radical (unpaired) electrons. The second-order valence-electron chi connectivity index (χ2n) is 6.57. The molecule has 7 heteroatoms. The lowest BCUT2D eigenvalue weighted by atomic mass is 9.71. The average molecular weight is 295 g/mol. The Morgan fingerprint density at radius 1 is 1.24 bits per heavy atom. The van der Waals surface area contributed by atoms with Gasteiger partial charge in [0.05, 0.1) is 5.60 Å². The van der Waals surface area contributed by atoms with E-state index in [0.29, 0.717) is 12.8 Å². The van der Waals surface area contributed by atoms with Crippen LogP contribution in [0.1, 0.15) is 50.0 Å². The van der Waals surface area contributed by atoms with Crippen LogP contribution in [0, 0.1) is 5.41 Å². The molecule has 1 aromatic rings. The number of aromatic nitrogens is 2. The van der Waals surface area contributed by atoms with Gasteiger partial charge >= 0.3 is 5.69 Å². The van der Waals surface area contributed by atoms with Gasteiger partial charge in [-0.3, -0.25) is 14.6 Å². The number of amides is 1. The van der Waals surface area contributed by atoms with Crippen LogP contribution in [0.15, 0.2) is 15.7 Å². The summed E-state index contributed by atoms with van der Waals surface area (Å²) in [5.74, 6) is -0.573. The van der Waals surface area contributed by atoms with E-state index in [9.17, 15) is 19.5 Å². The van der Waals surface area contributed by atoms with Crippen LogP contribution in [-0.4, -0.2) is 33.1 Å². The highest BCUT2D eigenvalue weighted by Gasteiger charge is 2.36. The lowest BCUT2D eigenvalue weighted by molar-refractivity contribution is -0.0233. The molecule has 7 nitrogen and oxygen atoms in total. The van der Waals surface area contributed by atoms with Crippen molar-refractivity contribution in [3.05, 3.63) is 32.6 Å². The fourth-order valence-electron chi connectivity index (χ4n) is 2.50. The number of aliphatic hydroxyl groups is 1. The summed E-state index contributed by atoms with van der Waals surface area (Å²) in [6.07, 6.45) is 3.01. The molecule has 21 heavy (non-hydrogen) atoms. The molecule has 1 aliphatic rings. The summed E-state index contributed by atoms with van der Waals surface area (Å²) in [5, 5.41) is 13.0. The van der Waals surface area contributed by atoms with Gasteiger partial charge in [-0.1, -0.05) is 13.8 Å². The van der Waals surface area contributed by atoms with Crippen molar-refractivity contribution in [3.63, 3.8) is 0 Å². The van der Waals surface area contributed by atoms with Crippen LogP contribution in [0.3, 0.4) is 0 Å². The number of carbonyl (C=O) groups excluding carboxylic acids is 1. The van der Waals surface area contributed by atoms with E-state index in [1.165, 1.54) is 0 Å². The van der Waals surface area contributed by atoms with Crippen LogP contribution in [0.4, 0.5) is 0 Å². The van der Waals surface area contributed by atoms with Gasteiger partial charge in [0.15, 0.2) is 0 Å². The van der Waals surface area contributed by atoms with Crippen LogP contribution < -0.4 is 16.6 Å². The topological polar surface area (TPSA) is 115 Å². The van der Waals surface area contributed by atoms with Crippen LogP contribution in [0.2, 0.25) is 0 Å². The van der Waals surface area contributed by atoms with Crippen molar-refractivity contribution in [2.45, 2.75) is 45.1 Å². The van der Waals surface area contributed by atoms with E-state index < -0.39 is 22.8 Å². The second-order valence-corrected chi connectivity index (χ2v) is 6.57. The van der Waals surface area contributed by atoms with Gasteiger partial charge in [-0.15, -0.1) is 0 Å². The molecular weight excluding hydrogens is 274 g/mol. The third-order valence-corrected chi connectivity index (χ3v) is 4.12. The summed E-state index contributed by atoms with van der Waals surface area (Å²) in [5.41, 5.74) is -2.18. The normalized spacial score (nSPS) is 20.0. The molecule has 0 aromatic carbocycles. The van der Waals surface area contributed by atoms with Crippen molar-refractivity contribution < 1.29 is 9.90 Å². The Labute approximate surface area is 121 Å². The van der Waals surface area contributed by atoms with Gasteiger partial charge in [-0.2, -0.15) is 0 Å². The second kappa shape index (κ2) is 5.48. The molecule has 0 bridgehead atoms. The molecule has 1 heterocycles. The molecule has 1 fully saturated rings. The fourth-order valence-corrected chi connectivity index (χ4v) is 2.50. The molecule has 0 aliphatic heterocycles. The molecule has 116 valence electrons. The molecule has 0 spiro atoms. The summed E-state index contributed by atoms with van der Waals surface area (Å²) in [7, 11) is 0. The highest BCUT2D eigenvalue weighted by molar-refractivity contribution is 5.92. The summed E-state index contributed by atoms with van der Waals surface area (Å²) >= 11 is 0. The maximum absolute atomic E-state index is 11.9. The van der Waals surface area contributed by atoms with Gasteiger partial charge < -0.3 is 15.4 Å². The third-order valence-electron chi connectivity index (χ3n) is 4.12. The Kier molecular flexibility index (Phi) is 4.04. The Bertz CT molecular complexity index is 606. The van der Waals surface area contributed by atoms with Crippen molar-refractivity contribution in [2.75, 3.05) is 6.54 Å². The predicted molar refractivity (Wildman–Crippen MR) is 77.2 cm³/mol. The molecule has 0 saturated heterocycles. The minimum Gasteiger partial charge on any atom is -0.388 e. The molecule has 1 aromatic heterocycles. The van der Waals surface area contributed by atoms with E-state index in [4.69, 9.17) is 0 Å². The van der Waals surface area contributed by atoms with Gasteiger partial charge in [0.2, 0.25) is 0 Å². The Morgan fingerprint density at radius 3 is 2.43 bits per heavy atom. The average Bonchev–Trinajstić information content (AvgIpc) is 2.39. The van der Waals surface area contributed by atoms with Crippen LogP contribution in [-0.2, 0) is 0 Å². The number of hydrogen-bond acceptors (Lipinski definition) is 4. The molecule has 0 atom stereocenters. The number of aromatic amines is 2. The number of hydrogen-bond donors (Lipinski definition) is 4. The van der Waals surface area contributed by atoms with Crippen LogP contribution >= 0.6 is 0 Å². The highest BCUT2D eigenvalue weighted by atomic mass is 16.3. The lowest BCUT2D eigenvalue weighted by Crippen LogP contribution is -2.47.